The van der Waals surface area contributed by atoms with Crippen LogP contribution in [0.25, 0.3) is 0 Å². The lowest BCUT2D eigenvalue weighted by Crippen LogP contribution is -2.19. The Balaban J connectivity index is 2.83. The largest absolute Gasteiger partial charge is 0.319 e. The molecule has 0 heterocycles. The van der Waals surface area contributed by atoms with Crippen LogP contribution in [-0.4, -0.2) is 27.1 Å². The molecule has 0 aromatic carbocycles. The van der Waals surface area contributed by atoms with E-state index in [-0.39, 0.29) is 8.99 Å². The number of halogens is 1. The minimum absolute atomic E-state index is 0.367. The van der Waals surface area contributed by atoms with E-state index in [0.29, 0.717) is 0 Å². The first-order valence-corrected chi connectivity index (χ1v) is 5.32. The molecule has 44 valence electrons. The van der Waals surface area contributed by atoms with Crippen LogP contribution in [0.3, 0.4) is 0 Å². The molecule has 0 radical (unpaired) electrons. The average Bonchev–Trinajstić information content (AvgIpc) is 1.68. The van der Waals surface area contributed by atoms with Crippen LogP contribution in [0.1, 0.15) is 13.3 Å². The molecule has 0 saturated heterocycles. The topological polar surface area (TPSA) is 3.24 Å². The number of hydrogen-bond acceptors (Lipinski definition) is 1. The first-order valence-electron chi connectivity index (χ1n) is 2.55. The standard InChI is InChI=1S/C4H12ClNSi/c1-3-4-6(2)7-5/h3-4,7H2,1-2H3. The van der Waals surface area contributed by atoms with Gasteiger partial charge in [-0.2, -0.15) is 11.1 Å². The summed E-state index contributed by atoms with van der Waals surface area (Å²) >= 11 is 5.60. The van der Waals surface area contributed by atoms with Gasteiger partial charge in [-0.15, -0.1) is 0 Å². The van der Waals surface area contributed by atoms with Crippen LogP contribution in [0.5, 0.6) is 0 Å². The Labute approximate surface area is 52.3 Å². The normalized spacial score (nSPS) is 12.0. The quantitative estimate of drug-likeness (QED) is 0.406. The van der Waals surface area contributed by atoms with Crippen molar-refractivity contribution in [1.82, 2.24) is 4.57 Å². The van der Waals surface area contributed by atoms with Gasteiger partial charge in [-0.25, -0.2) is 0 Å². The Hall–Kier alpha value is 0.467. The summed E-state index contributed by atoms with van der Waals surface area (Å²) in [6, 6.07) is 0. The van der Waals surface area contributed by atoms with Crippen LogP contribution in [0, 0.1) is 0 Å². The zero-order valence-corrected chi connectivity index (χ0v) is 7.12. The van der Waals surface area contributed by atoms with Gasteiger partial charge in [0.1, 0.15) is 0 Å². The lowest BCUT2D eigenvalue weighted by molar-refractivity contribution is 0.537. The first kappa shape index (κ1) is 7.47. The van der Waals surface area contributed by atoms with Crippen molar-refractivity contribution >= 4 is 20.1 Å². The number of nitrogens with zero attached hydrogens (tertiary/aromatic N) is 1. The van der Waals surface area contributed by atoms with Crippen LogP contribution in [0.2, 0.25) is 0 Å². The van der Waals surface area contributed by atoms with E-state index in [1.54, 1.807) is 0 Å². The summed E-state index contributed by atoms with van der Waals surface area (Å²) in [4.78, 5) is 0. The van der Waals surface area contributed by atoms with Crippen LogP contribution in [-0.2, 0) is 0 Å². The summed E-state index contributed by atoms with van der Waals surface area (Å²) in [6.07, 6.45) is 1.22. The summed E-state index contributed by atoms with van der Waals surface area (Å²) in [5.74, 6) is 0. The molecule has 0 saturated carbocycles. The summed E-state index contributed by atoms with van der Waals surface area (Å²) in [6.45, 7) is 3.33. The van der Waals surface area contributed by atoms with E-state index >= 15 is 0 Å². The Kier molecular flexibility index (Phi) is 4.93. The Morgan fingerprint density at radius 1 is 1.71 bits per heavy atom. The summed E-state index contributed by atoms with van der Waals surface area (Å²) in [5.41, 5.74) is 0. The van der Waals surface area contributed by atoms with Gasteiger partial charge in [0.15, 0.2) is 8.99 Å². The van der Waals surface area contributed by atoms with Gasteiger partial charge in [0.25, 0.3) is 0 Å². The second kappa shape index (κ2) is 4.62. The molecule has 0 aliphatic heterocycles. The van der Waals surface area contributed by atoms with E-state index in [1.807, 2.05) is 0 Å². The monoisotopic (exact) mass is 137 g/mol. The van der Waals surface area contributed by atoms with Crippen molar-refractivity contribution in [2.45, 2.75) is 13.3 Å². The molecule has 0 atom stereocenters. The molecular weight excluding hydrogens is 126 g/mol. The minimum Gasteiger partial charge on any atom is -0.319 e. The molecule has 1 nitrogen and oxygen atoms in total. The third-order valence-electron chi connectivity index (χ3n) is 0.809. The van der Waals surface area contributed by atoms with E-state index in [9.17, 15) is 0 Å². The molecule has 0 aromatic rings. The maximum Gasteiger partial charge on any atom is 0.197 e. The molecular formula is C4H12ClNSi. The van der Waals surface area contributed by atoms with Crippen molar-refractivity contribution < 1.29 is 0 Å². The van der Waals surface area contributed by atoms with Crippen LogP contribution in [0.15, 0.2) is 0 Å². The highest BCUT2D eigenvalue weighted by atomic mass is 35.6. The molecule has 0 N–H and O–H groups in total. The summed E-state index contributed by atoms with van der Waals surface area (Å²) in [5, 5.41) is 0. The number of hydrogen-bond donors (Lipinski definition) is 0. The van der Waals surface area contributed by atoms with Gasteiger partial charge in [-0.3, -0.25) is 0 Å². The third-order valence-corrected chi connectivity index (χ3v) is 2.76. The smallest absolute Gasteiger partial charge is 0.197 e. The fourth-order valence-corrected chi connectivity index (χ4v) is 1.24. The zero-order valence-electron chi connectivity index (χ0n) is 4.95. The van der Waals surface area contributed by atoms with Crippen molar-refractivity contribution in [3.63, 3.8) is 0 Å². The predicted octanol–water partition coefficient (Wildman–Crippen LogP) is 0.566. The fourth-order valence-electron chi connectivity index (χ4n) is 0.441. The predicted molar refractivity (Wildman–Crippen MR) is 37.3 cm³/mol. The van der Waals surface area contributed by atoms with Gasteiger partial charge >= 0.3 is 0 Å². The minimum atomic E-state index is -0.367. The highest BCUT2D eigenvalue weighted by Crippen LogP contribution is 1.83. The SMILES string of the molecule is CCCN(C)[SiH2]Cl. The van der Waals surface area contributed by atoms with Crippen molar-refractivity contribution in [3.8, 4) is 0 Å². The van der Waals surface area contributed by atoms with Gasteiger partial charge in [-0.05, 0) is 20.0 Å². The van der Waals surface area contributed by atoms with Crippen LogP contribution >= 0.6 is 11.1 Å². The van der Waals surface area contributed by atoms with Gasteiger partial charge < -0.3 is 4.57 Å². The molecule has 0 amide bonds. The molecule has 0 rings (SSSR count). The highest BCUT2D eigenvalue weighted by molar-refractivity contribution is 6.91. The van der Waals surface area contributed by atoms with E-state index in [0.717, 1.165) is 6.54 Å². The van der Waals surface area contributed by atoms with E-state index in [4.69, 9.17) is 11.1 Å². The molecule has 0 aliphatic carbocycles. The van der Waals surface area contributed by atoms with Gasteiger partial charge in [0, 0.05) is 0 Å². The number of rotatable bonds is 3. The van der Waals surface area contributed by atoms with E-state index in [2.05, 4.69) is 18.5 Å². The van der Waals surface area contributed by atoms with Crippen LogP contribution in [0.4, 0.5) is 0 Å². The molecule has 7 heavy (non-hydrogen) atoms. The van der Waals surface area contributed by atoms with Gasteiger partial charge in [0.05, 0.1) is 0 Å². The van der Waals surface area contributed by atoms with Gasteiger partial charge in [0.2, 0.25) is 0 Å². The first-order chi connectivity index (χ1) is 3.31. The van der Waals surface area contributed by atoms with Crippen LogP contribution < -0.4 is 0 Å². The van der Waals surface area contributed by atoms with Crippen molar-refractivity contribution in [2.24, 2.45) is 0 Å². The van der Waals surface area contributed by atoms with Crippen molar-refractivity contribution in [1.29, 1.82) is 0 Å². The molecule has 0 fully saturated rings. The Bertz CT molecular complexity index is 42.7. The molecule has 0 aliphatic rings. The third kappa shape index (κ3) is 4.32. The van der Waals surface area contributed by atoms with Crippen molar-refractivity contribution in [2.75, 3.05) is 13.6 Å². The summed E-state index contributed by atoms with van der Waals surface area (Å²) < 4.78 is 2.21. The molecule has 3 heteroatoms. The molecule has 0 spiro atoms. The zero-order chi connectivity index (χ0) is 5.70. The lowest BCUT2D eigenvalue weighted by atomic mass is 10.5. The second-order valence-electron chi connectivity index (χ2n) is 1.70. The molecule has 0 bridgehead atoms. The highest BCUT2D eigenvalue weighted by Gasteiger charge is 1.89. The van der Waals surface area contributed by atoms with E-state index in [1.165, 1.54) is 6.42 Å². The summed E-state index contributed by atoms with van der Waals surface area (Å²) in [7, 11) is 1.71. The average molecular weight is 138 g/mol. The molecule has 0 aromatic heterocycles. The van der Waals surface area contributed by atoms with E-state index < -0.39 is 0 Å². The maximum atomic E-state index is 5.60. The maximum absolute atomic E-state index is 5.60. The van der Waals surface area contributed by atoms with Crippen molar-refractivity contribution in [3.05, 3.63) is 0 Å². The molecule has 0 unspecified atom stereocenters. The Morgan fingerprint density at radius 3 is 2.43 bits per heavy atom. The second-order valence-corrected chi connectivity index (χ2v) is 3.74. The fraction of sp³-hybridized carbons (Fsp3) is 1.00. The lowest BCUT2D eigenvalue weighted by Gasteiger charge is -2.08. The van der Waals surface area contributed by atoms with Gasteiger partial charge in [-0.1, -0.05) is 6.92 Å². The Morgan fingerprint density at radius 2 is 2.29 bits per heavy atom.